The molecule has 0 saturated heterocycles. The van der Waals surface area contributed by atoms with Crippen LogP contribution in [0.1, 0.15) is 18.2 Å². The number of aliphatic hydroxyl groups is 1. The quantitative estimate of drug-likeness (QED) is 0.836. The van der Waals surface area contributed by atoms with Gasteiger partial charge in [0.2, 0.25) is 0 Å². The predicted molar refractivity (Wildman–Crippen MR) is 75.1 cm³/mol. The van der Waals surface area contributed by atoms with Gasteiger partial charge >= 0.3 is 0 Å². The second kappa shape index (κ2) is 6.75. The summed E-state index contributed by atoms with van der Waals surface area (Å²) in [5.41, 5.74) is 2.67. The highest BCUT2D eigenvalue weighted by Gasteiger charge is 2.03. The molecule has 0 radical (unpaired) electrons. The molecule has 0 bridgehead atoms. The average Bonchev–Trinajstić information content (AvgIpc) is 2.46. The number of benzene rings is 1. The number of hydrogen-bond acceptors (Lipinski definition) is 4. The Morgan fingerprint density at radius 1 is 1.26 bits per heavy atom. The van der Waals surface area contributed by atoms with Crippen LogP contribution in [0.4, 0.5) is 5.69 Å². The van der Waals surface area contributed by atoms with Crippen LogP contribution in [0.2, 0.25) is 0 Å². The second-order valence-electron chi connectivity index (χ2n) is 4.12. The molecule has 0 atom stereocenters. The van der Waals surface area contributed by atoms with Crippen LogP contribution < -0.4 is 10.1 Å². The zero-order valence-electron chi connectivity index (χ0n) is 11.0. The van der Waals surface area contributed by atoms with Gasteiger partial charge in [-0.2, -0.15) is 0 Å². The predicted octanol–water partition coefficient (Wildman–Crippen LogP) is 2.58. The summed E-state index contributed by atoms with van der Waals surface area (Å²) in [4.78, 5) is 4.26. The van der Waals surface area contributed by atoms with Crippen molar-refractivity contribution in [3.63, 3.8) is 0 Å². The number of nitrogens with zero attached hydrogens (tertiary/aromatic N) is 1. The van der Waals surface area contributed by atoms with Crippen molar-refractivity contribution in [3.8, 4) is 5.75 Å². The lowest BCUT2D eigenvalue weighted by atomic mass is 10.2. The Bertz CT molecular complexity index is 529. The number of aliphatic hydroxyl groups excluding tert-OH is 1. The maximum atomic E-state index is 9.22. The summed E-state index contributed by atoms with van der Waals surface area (Å²) < 4.78 is 5.70. The first-order valence-electron chi connectivity index (χ1n) is 6.34. The molecule has 0 saturated carbocycles. The second-order valence-corrected chi connectivity index (χ2v) is 4.12. The van der Waals surface area contributed by atoms with E-state index < -0.39 is 0 Å². The van der Waals surface area contributed by atoms with E-state index >= 15 is 0 Å². The Balaban J connectivity index is 2.03. The van der Waals surface area contributed by atoms with Gasteiger partial charge in [-0.05, 0) is 25.1 Å². The standard InChI is InChI=1S/C15H18N2O2/c1-2-16-13-7-8-17-14(9-13)11-19-15-6-4-3-5-12(15)10-18/h3-9,18H,2,10-11H2,1H3,(H,16,17). The molecule has 19 heavy (non-hydrogen) atoms. The normalized spacial score (nSPS) is 10.2. The molecule has 1 heterocycles. The van der Waals surface area contributed by atoms with Crippen LogP contribution >= 0.6 is 0 Å². The van der Waals surface area contributed by atoms with Gasteiger partial charge in [0.25, 0.3) is 0 Å². The number of aromatic nitrogens is 1. The van der Waals surface area contributed by atoms with Crippen LogP contribution in [-0.2, 0) is 13.2 Å². The van der Waals surface area contributed by atoms with Gasteiger partial charge in [0.15, 0.2) is 0 Å². The van der Waals surface area contributed by atoms with Crippen LogP contribution in [-0.4, -0.2) is 16.6 Å². The van der Waals surface area contributed by atoms with E-state index in [-0.39, 0.29) is 6.61 Å². The molecule has 0 unspecified atom stereocenters. The molecule has 4 heteroatoms. The number of nitrogens with one attached hydrogen (secondary N) is 1. The third-order valence-corrected chi connectivity index (χ3v) is 2.72. The van der Waals surface area contributed by atoms with E-state index in [9.17, 15) is 5.11 Å². The largest absolute Gasteiger partial charge is 0.487 e. The van der Waals surface area contributed by atoms with E-state index in [0.717, 1.165) is 23.5 Å². The van der Waals surface area contributed by atoms with Crippen molar-refractivity contribution in [2.45, 2.75) is 20.1 Å². The minimum atomic E-state index is -0.0268. The fourth-order valence-electron chi connectivity index (χ4n) is 1.80. The van der Waals surface area contributed by atoms with Crippen LogP contribution in [0, 0.1) is 0 Å². The summed E-state index contributed by atoms with van der Waals surface area (Å²) in [6, 6.07) is 11.3. The fourth-order valence-corrected chi connectivity index (χ4v) is 1.80. The molecule has 0 aliphatic heterocycles. The monoisotopic (exact) mass is 258 g/mol. The first kappa shape index (κ1) is 13.4. The smallest absolute Gasteiger partial charge is 0.130 e. The van der Waals surface area contributed by atoms with Gasteiger partial charge in [-0.3, -0.25) is 4.98 Å². The number of anilines is 1. The SMILES string of the molecule is CCNc1ccnc(COc2ccccc2CO)c1. The number of ether oxygens (including phenoxy) is 1. The lowest BCUT2D eigenvalue weighted by molar-refractivity contribution is 0.257. The molecule has 100 valence electrons. The maximum absolute atomic E-state index is 9.22. The zero-order valence-corrected chi connectivity index (χ0v) is 11.0. The summed E-state index contributed by atoms with van der Waals surface area (Å²) >= 11 is 0. The third-order valence-electron chi connectivity index (χ3n) is 2.72. The molecule has 2 N–H and O–H groups in total. The summed E-state index contributed by atoms with van der Waals surface area (Å²) in [5.74, 6) is 0.695. The van der Waals surface area contributed by atoms with Gasteiger partial charge in [-0.15, -0.1) is 0 Å². The molecule has 0 aliphatic carbocycles. The number of pyridine rings is 1. The molecule has 2 rings (SSSR count). The van der Waals surface area contributed by atoms with Crippen molar-refractivity contribution in [2.24, 2.45) is 0 Å². The zero-order chi connectivity index (χ0) is 13.5. The molecule has 0 amide bonds. The topological polar surface area (TPSA) is 54.4 Å². The van der Waals surface area contributed by atoms with Crippen LogP contribution in [0.3, 0.4) is 0 Å². The summed E-state index contributed by atoms with van der Waals surface area (Å²) in [6.45, 7) is 3.28. The lowest BCUT2D eigenvalue weighted by Crippen LogP contribution is -2.02. The Kier molecular flexibility index (Phi) is 4.75. The molecule has 1 aromatic heterocycles. The number of hydrogen-bond donors (Lipinski definition) is 2. The van der Waals surface area contributed by atoms with Crippen molar-refractivity contribution < 1.29 is 9.84 Å². The van der Waals surface area contributed by atoms with Gasteiger partial charge in [-0.25, -0.2) is 0 Å². The lowest BCUT2D eigenvalue weighted by Gasteiger charge is -2.10. The average molecular weight is 258 g/mol. The van der Waals surface area contributed by atoms with Gasteiger partial charge in [0.1, 0.15) is 12.4 Å². The molecular weight excluding hydrogens is 240 g/mol. The first-order chi connectivity index (χ1) is 9.33. The summed E-state index contributed by atoms with van der Waals surface area (Å²) in [7, 11) is 0. The van der Waals surface area contributed by atoms with E-state index in [1.807, 2.05) is 43.3 Å². The molecular formula is C15H18N2O2. The van der Waals surface area contributed by atoms with Crippen molar-refractivity contribution >= 4 is 5.69 Å². The van der Waals surface area contributed by atoms with E-state index in [4.69, 9.17) is 4.74 Å². The Hall–Kier alpha value is -2.07. The number of rotatable bonds is 6. The van der Waals surface area contributed by atoms with Crippen LogP contribution in [0.15, 0.2) is 42.6 Å². The van der Waals surface area contributed by atoms with Gasteiger partial charge in [0, 0.05) is 24.0 Å². The molecule has 2 aromatic rings. The molecule has 0 fully saturated rings. The Morgan fingerprint density at radius 2 is 2.11 bits per heavy atom. The van der Waals surface area contributed by atoms with Gasteiger partial charge < -0.3 is 15.2 Å². The fraction of sp³-hybridized carbons (Fsp3) is 0.267. The maximum Gasteiger partial charge on any atom is 0.130 e. The highest BCUT2D eigenvalue weighted by Crippen LogP contribution is 2.19. The van der Waals surface area contributed by atoms with Crippen molar-refractivity contribution in [2.75, 3.05) is 11.9 Å². The van der Waals surface area contributed by atoms with E-state index in [2.05, 4.69) is 10.3 Å². The number of para-hydroxylation sites is 1. The van der Waals surface area contributed by atoms with E-state index in [0.29, 0.717) is 12.4 Å². The van der Waals surface area contributed by atoms with E-state index in [1.54, 1.807) is 6.20 Å². The summed E-state index contributed by atoms with van der Waals surface area (Å²) in [6.07, 6.45) is 1.76. The van der Waals surface area contributed by atoms with Crippen LogP contribution in [0.5, 0.6) is 5.75 Å². The molecule has 0 spiro atoms. The summed E-state index contributed by atoms with van der Waals surface area (Å²) in [5, 5.41) is 12.5. The van der Waals surface area contributed by atoms with Crippen LogP contribution in [0.25, 0.3) is 0 Å². The molecule has 4 nitrogen and oxygen atoms in total. The minimum Gasteiger partial charge on any atom is -0.487 e. The Morgan fingerprint density at radius 3 is 2.89 bits per heavy atom. The molecule has 0 aliphatic rings. The minimum absolute atomic E-state index is 0.0268. The Labute approximate surface area is 113 Å². The highest BCUT2D eigenvalue weighted by atomic mass is 16.5. The van der Waals surface area contributed by atoms with Crippen molar-refractivity contribution in [3.05, 3.63) is 53.9 Å². The third kappa shape index (κ3) is 3.69. The van der Waals surface area contributed by atoms with Crippen molar-refractivity contribution in [1.29, 1.82) is 0 Å². The van der Waals surface area contributed by atoms with Gasteiger partial charge in [-0.1, -0.05) is 18.2 Å². The van der Waals surface area contributed by atoms with Crippen molar-refractivity contribution in [1.82, 2.24) is 4.98 Å². The molecule has 1 aromatic carbocycles. The van der Waals surface area contributed by atoms with Gasteiger partial charge in [0.05, 0.1) is 12.3 Å². The highest BCUT2D eigenvalue weighted by molar-refractivity contribution is 5.43. The van der Waals surface area contributed by atoms with E-state index in [1.165, 1.54) is 0 Å². The first-order valence-corrected chi connectivity index (χ1v) is 6.34.